The summed E-state index contributed by atoms with van der Waals surface area (Å²) < 4.78 is 13.1. The number of carbonyl (C=O) groups is 1. The second-order valence-electron chi connectivity index (χ2n) is 6.51. The Bertz CT molecular complexity index is 961. The molecule has 6 nitrogen and oxygen atoms in total. The van der Waals surface area contributed by atoms with E-state index in [1.54, 1.807) is 14.0 Å². The molecular weight excluding hydrogens is 354 g/mol. The number of benzene rings is 2. The van der Waals surface area contributed by atoms with Gasteiger partial charge in [-0.05, 0) is 49.7 Å². The van der Waals surface area contributed by atoms with Crippen LogP contribution in [-0.2, 0) is 17.9 Å². The summed E-state index contributed by atoms with van der Waals surface area (Å²) in [4.78, 5) is 16.5. The van der Waals surface area contributed by atoms with Crippen LogP contribution in [-0.4, -0.2) is 29.2 Å². The number of fused-ring (bicyclic) bond motifs is 1. The lowest BCUT2D eigenvalue weighted by Crippen LogP contribution is -2.25. The Labute approximate surface area is 164 Å². The molecule has 0 spiro atoms. The van der Waals surface area contributed by atoms with Crippen LogP contribution >= 0.6 is 0 Å². The van der Waals surface area contributed by atoms with Gasteiger partial charge in [0, 0.05) is 12.1 Å². The Morgan fingerprint density at radius 2 is 1.86 bits per heavy atom. The summed E-state index contributed by atoms with van der Waals surface area (Å²) in [6.45, 7) is 7.04. The summed E-state index contributed by atoms with van der Waals surface area (Å²) in [5.41, 5.74) is 2.44. The van der Waals surface area contributed by atoms with Crippen molar-refractivity contribution in [2.75, 3.05) is 13.7 Å². The molecule has 1 N–H and O–H groups in total. The van der Waals surface area contributed by atoms with Gasteiger partial charge in [-0.15, -0.1) is 0 Å². The van der Waals surface area contributed by atoms with Crippen LogP contribution in [0.15, 0.2) is 60.7 Å². The van der Waals surface area contributed by atoms with E-state index in [9.17, 15) is 4.79 Å². The number of rotatable bonds is 9. The Morgan fingerprint density at radius 1 is 1.14 bits per heavy atom. The maximum Gasteiger partial charge on any atom is 0.246 e. The standard InChI is InChI=1S/C22H25N3O3/c1-16(2)22(26)23-15-21-24-19-7-4-5-8-20(19)25(21)13-6-14-28-18-11-9-17(27-3)10-12-18/h4-5,7-12H,1,6,13-15H2,2-3H3,(H,23,26). The fourth-order valence-electron chi connectivity index (χ4n) is 2.90. The van der Waals surface area contributed by atoms with Crippen LogP contribution < -0.4 is 14.8 Å². The van der Waals surface area contributed by atoms with Crippen LogP contribution in [0.5, 0.6) is 11.5 Å². The summed E-state index contributed by atoms with van der Waals surface area (Å²) in [5, 5.41) is 2.86. The third kappa shape index (κ3) is 4.71. The first kappa shape index (κ1) is 19.5. The molecule has 1 heterocycles. The van der Waals surface area contributed by atoms with Crippen LogP contribution in [0, 0.1) is 0 Å². The van der Waals surface area contributed by atoms with Gasteiger partial charge in [0.25, 0.3) is 0 Å². The second kappa shape index (κ2) is 9.08. The van der Waals surface area contributed by atoms with Crippen molar-refractivity contribution in [2.45, 2.75) is 26.4 Å². The summed E-state index contributed by atoms with van der Waals surface area (Å²) >= 11 is 0. The zero-order valence-electron chi connectivity index (χ0n) is 16.3. The van der Waals surface area contributed by atoms with Crippen LogP contribution in [0.4, 0.5) is 0 Å². The predicted octanol–water partition coefficient (Wildman–Crippen LogP) is 3.71. The molecule has 0 unspecified atom stereocenters. The van der Waals surface area contributed by atoms with E-state index in [1.807, 2.05) is 48.5 Å². The van der Waals surface area contributed by atoms with Gasteiger partial charge in [-0.2, -0.15) is 0 Å². The van der Waals surface area contributed by atoms with E-state index in [0.717, 1.165) is 41.3 Å². The van der Waals surface area contributed by atoms with Gasteiger partial charge in [-0.1, -0.05) is 18.7 Å². The SMILES string of the molecule is C=C(C)C(=O)NCc1nc2ccccc2n1CCCOc1ccc(OC)cc1. The molecule has 28 heavy (non-hydrogen) atoms. The third-order valence-electron chi connectivity index (χ3n) is 4.38. The predicted molar refractivity (Wildman–Crippen MR) is 109 cm³/mol. The lowest BCUT2D eigenvalue weighted by Gasteiger charge is -2.11. The van der Waals surface area contributed by atoms with E-state index in [-0.39, 0.29) is 5.91 Å². The number of methoxy groups -OCH3 is 1. The molecule has 0 aliphatic carbocycles. The molecule has 0 radical (unpaired) electrons. The zero-order chi connectivity index (χ0) is 19.9. The Kier molecular flexibility index (Phi) is 6.32. The van der Waals surface area contributed by atoms with E-state index >= 15 is 0 Å². The molecule has 2 aromatic carbocycles. The maximum absolute atomic E-state index is 11.8. The van der Waals surface area contributed by atoms with Gasteiger partial charge >= 0.3 is 0 Å². The third-order valence-corrected chi connectivity index (χ3v) is 4.38. The summed E-state index contributed by atoms with van der Waals surface area (Å²) in [6, 6.07) is 15.5. The minimum absolute atomic E-state index is 0.165. The van der Waals surface area contributed by atoms with Crippen molar-refractivity contribution in [3.05, 3.63) is 66.5 Å². The van der Waals surface area contributed by atoms with E-state index < -0.39 is 0 Å². The quantitative estimate of drug-likeness (QED) is 0.455. The molecule has 3 rings (SSSR count). The number of carbonyl (C=O) groups excluding carboxylic acids is 1. The molecule has 0 fully saturated rings. The number of aromatic nitrogens is 2. The van der Waals surface area contributed by atoms with Crippen LogP contribution in [0.25, 0.3) is 11.0 Å². The fraction of sp³-hybridized carbons (Fsp3) is 0.273. The molecule has 3 aromatic rings. The number of aryl methyl sites for hydroxylation is 1. The van der Waals surface area contributed by atoms with Gasteiger partial charge in [0.05, 0.1) is 31.3 Å². The van der Waals surface area contributed by atoms with Gasteiger partial charge < -0.3 is 19.4 Å². The average molecular weight is 379 g/mol. The number of nitrogens with zero attached hydrogens (tertiary/aromatic N) is 2. The largest absolute Gasteiger partial charge is 0.497 e. The number of para-hydroxylation sites is 2. The van der Waals surface area contributed by atoms with Crippen molar-refractivity contribution in [3.8, 4) is 11.5 Å². The number of ether oxygens (including phenoxy) is 2. The number of nitrogens with one attached hydrogen (secondary N) is 1. The zero-order valence-corrected chi connectivity index (χ0v) is 16.3. The van der Waals surface area contributed by atoms with E-state index in [0.29, 0.717) is 18.7 Å². The minimum atomic E-state index is -0.165. The van der Waals surface area contributed by atoms with Gasteiger partial charge in [0.15, 0.2) is 0 Å². The van der Waals surface area contributed by atoms with Crippen molar-refractivity contribution in [2.24, 2.45) is 0 Å². The first-order valence-electron chi connectivity index (χ1n) is 9.23. The highest BCUT2D eigenvalue weighted by Crippen LogP contribution is 2.19. The highest BCUT2D eigenvalue weighted by molar-refractivity contribution is 5.92. The van der Waals surface area contributed by atoms with Gasteiger partial charge in [0.1, 0.15) is 17.3 Å². The van der Waals surface area contributed by atoms with Crippen molar-refractivity contribution in [1.82, 2.24) is 14.9 Å². The highest BCUT2D eigenvalue weighted by Gasteiger charge is 2.11. The molecule has 0 aliphatic rings. The molecule has 0 atom stereocenters. The average Bonchev–Trinajstić information content (AvgIpc) is 3.07. The molecule has 0 saturated carbocycles. The number of amides is 1. The van der Waals surface area contributed by atoms with Gasteiger partial charge in [-0.25, -0.2) is 4.98 Å². The lowest BCUT2D eigenvalue weighted by atomic mass is 10.3. The monoisotopic (exact) mass is 379 g/mol. The first-order valence-corrected chi connectivity index (χ1v) is 9.23. The molecule has 1 amide bonds. The fourth-order valence-corrected chi connectivity index (χ4v) is 2.90. The minimum Gasteiger partial charge on any atom is -0.497 e. The van der Waals surface area contributed by atoms with E-state index in [2.05, 4.69) is 21.4 Å². The summed E-state index contributed by atoms with van der Waals surface area (Å²) in [7, 11) is 1.64. The van der Waals surface area contributed by atoms with Gasteiger partial charge in [0.2, 0.25) is 5.91 Å². The summed E-state index contributed by atoms with van der Waals surface area (Å²) in [6.07, 6.45) is 0.813. The normalized spacial score (nSPS) is 10.6. The topological polar surface area (TPSA) is 65.4 Å². The Morgan fingerprint density at radius 3 is 2.57 bits per heavy atom. The van der Waals surface area contributed by atoms with Crippen molar-refractivity contribution < 1.29 is 14.3 Å². The van der Waals surface area contributed by atoms with Crippen LogP contribution in [0.2, 0.25) is 0 Å². The molecule has 1 aromatic heterocycles. The maximum atomic E-state index is 11.8. The Hall–Kier alpha value is -3.28. The van der Waals surface area contributed by atoms with E-state index in [1.165, 1.54) is 0 Å². The van der Waals surface area contributed by atoms with Gasteiger partial charge in [-0.3, -0.25) is 4.79 Å². The molecule has 0 bridgehead atoms. The molecule has 146 valence electrons. The second-order valence-corrected chi connectivity index (χ2v) is 6.51. The van der Waals surface area contributed by atoms with E-state index in [4.69, 9.17) is 9.47 Å². The highest BCUT2D eigenvalue weighted by atomic mass is 16.5. The van der Waals surface area contributed by atoms with Crippen molar-refractivity contribution >= 4 is 16.9 Å². The molecule has 0 aliphatic heterocycles. The lowest BCUT2D eigenvalue weighted by molar-refractivity contribution is -0.117. The first-order chi connectivity index (χ1) is 13.6. The number of hydrogen-bond acceptors (Lipinski definition) is 4. The smallest absolute Gasteiger partial charge is 0.246 e. The summed E-state index contributed by atoms with van der Waals surface area (Å²) in [5.74, 6) is 2.27. The van der Waals surface area contributed by atoms with Crippen LogP contribution in [0.1, 0.15) is 19.2 Å². The number of imidazole rings is 1. The molecular formula is C22H25N3O3. The molecule has 6 heteroatoms. The van der Waals surface area contributed by atoms with Crippen LogP contribution in [0.3, 0.4) is 0 Å². The molecule has 0 saturated heterocycles. The van der Waals surface area contributed by atoms with Crippen molar-refractivity contribution in [1.29, 1.82) is 0 Å². The van der Waals surface area contributed by atoms with Crippen molar-refractivity contribution in [3.63, 3.8) is 0 Å². The Balaban J connectivity index is 1.64. The number of hydrogen-bond donors (Lipinski definition) is 1.